The van der Waals surface area contributed by atoms with Crippen LogP contribution in [0, 0.1) is 14.4 Å². The standard InChI is InChI=1S/C4H9.CH3.Hf.O/c1-3-4-2;;;/h1,3-4H2,2H3;1H3;;/q2*-1;+2;. The van der Waals surface area contributed by atoms with Gasteiger partial charge in [-0.2, -0.15) is 6.42 Å². The summed E-state index contributed by atoms with van der Waals surface area (Å²) in [4.78, 5) is 0. The minimum absolute atomic E-state index is 0. The molecule has 0 amide bonds. The Hall–Kier alpha value is 0.670. The molecule has 1 nitrogen and oxygen atoms in total. The van der Waals surface area contributed by atoms with Gasteiger partial charge in [0.15, 0.2) is 0 Å². The van der Waals surface area contributed by atoms with Crippen LogP contribution in [0.1, 0.15) is 19.8 Å². The topological polar surface area (TPSA) is 17.1 Å². The van der Waals surface area contributed by atoms with Crippen LogP contribution in [-0.2, 0) is 27.2 Å². The first-order chi connectivity index (χ1) is 2.91. The van der Waals surface area contributed by atoms with Crippen molar-refractivity contribution in [1.82, 2.24) is 0 Å². The van der Waals surface area contributed by atoms with E-state index in [-0.39, 0.29) is 31.8 Å². The molecule has 0 aromatic heterocycles. The first kappa shape index (κ1) is 15.6. The predicted octanol–water partition coefficient (Wildman–Crippen LogP) is 1.95. The molecule has 0 aromatic rings. The molecule has 0 radical (unpaired) electrons. The van der Waals surface area contributed by atoms with Crippen LogP contribution in [0.15, 0.2) is 0 Å². The molecule has 0 atom stereocenters. The molecule has 0 heterocycles. The molecule has 0 saturated carbocycles. The molecule has 0 N–H and O–H groups in total. The van der Waals surface area contributed by atoms with E-state index in [0.717, 1.165) is 6.42 Å². The van der Waals surface area contributed by atoms with Crippen molar-refractivity contribution in [2.24, 2.45) is 0 Å². The fraction of sp³-hybridized carbons (Fsp3) is 0.600. The molecule has 2 heteroatoms. The quantitative estimate of drug-likeness (QED) is 0.524. The third-order valence-corrected chi connectivity index (χ3v) is 0.354. The molecule has 0 unspecified atom stereocenters. The average molecular weight is 267 g/mol. The SMILES string of the molecule is [CH2-]CCC.[CH3-].[O]=[Hf+2]. The van der Waals surface area contributed by atoms with Gasteiger partial charge in [-0.15, -0.1) is 0 Å². The van der Waals surface area contributed by atoms with Crippen LogP contribution in [-0.4, -0.2) is 0 Å². The van der Waals surface area contributed by atoms with Crippen LogP contribution in [0.5, 0.6) is 0 Å². The average Bonchev–Trinajstić information content (AvgIpc) is 1.72. The van der Waals surface area contributed by atoms with Gasteiger partial charge in [-0.25, -0.2) is 0 Å². The van der Waals surface area contributed by atoms with Crippen LogP contribution in [0.25, 0.3) is 0 Å². The summed E-state index contributed by atoms with van der Waals surface area (Å²) in [7, 11) is 0. The Labute approximate surface area is 61.5 Å². The number of rotatable bonds is 1. The summed E-state index contributed by atoms with van der Waals surface area (Å²) in [6, 6.07) is 0. The fourth-order valence-electron chi connectivity index (χ4n) is 0. The molecule has 0 fully saturated rings. The maximum absolute atomic E-state index is 8.39. The Morgan fingerprint density at radius 1 is 1.57 bits per heavy atom. The van der Waals surface area contributed by atoms with E-state index in [1.807, 2.05) is 0 Å². The molecular weight excluding hydrogens is 255 g/mol. The molecule has 42 valence electrons. The van der Waals surface area contributed by atoms with Crippen LogP contribution in [0.4, 0.5) is 0 Å². The maximum atomic E-state index is 8.39. The third kappa shape index (κ3) is 52.2. The zero-order chi connectivity index (χ0) is 5.41. The van der Waals surface area contributed by atoms with Crippen LogP contribution >= 0.6 is 0 Å². The molecule has 0 aliphatic rings. The summed E-state index contributed by atoms with van der Waals surface area (Å²) >= 11 is 0.0556. The van der Waals surface area contributed by atoms with E-state index in [9.17, 15) is 0 Å². The molecule has 0 aliphatic heterocycles. The second kappa shape index (κ2) is 30.1. The first-order valence-electron chi connectivity index (χ1n) is 1.91. The van der Waals surface area contributed by atoms with Gasteiger partial charge < -0.3 is 14.4 Å². The fourth-order valence-corrected chi connectivity index (χ4v) is 0. The number of unbranched alkanes of at least 4 members (excludes halogenated alkanes) is 1. The van der Waals surface area contributed by atoms with Crippen molar-refractivity contribution in [3.8, 4) is 0 Å². The van der Waals surface area contributed by atoms with Crippen molar-refractivity contribution in [2.45, 2.75) is 19.8 Å². The number of hydrogen-bond acceptors (Lipinski definition) is 1. The molecule has 0 bridgehead atoms. The van der Waals surface area contributed by atoms with Gasteiger partial charge in [0.05, 0.1) is 0 Å². The summed E-state index contributed by atoms with van der Waals surface area (Å²) in [6.07, 6.45) is 2.28. The Balaban J connectivity index is -0.0000000480. The van der Waals surface area contributed by atoms with Crippen molar-refractivity contribution < 1.29 is 27.2 Å². The molecule has 0 rings (SSSR count). The van der Waals surface area contributed by atoms with Crippen LogP contribution in [0.2, 0.25) is 0 Å². The Kier molecular flexibility index (Phi) is 67.2. The predicted molar refractivity (Wildman–Crippen MR) is 27.4 cm³/mol. The zero-order valence-electron chi connectivity index (χ0n) is 5.03. The van der Waals surface area contributed by atoms with Crippen LogP contribution < -0.4 is 0 Å². The Morgan fingerprint density at radius 3 is 1.71 bits per heavy atom. The summed E-state index contributed by atoms with van der Waals surface area (Å²) in [5.74, 6) is 0. The number of hydrogen-bond donors (Lipinski definition) is 0. The molecule has 0 saturated heterocycles. The summed E-state index contributed by atoms with van der Waals surface area (Å²) < 4.78 is 8.39. The van der Waals surface area contributed by atoms with Crippen LogP contribution in [0.3, 0.4) is 0 Å². The normalized spacial score (nSPS) is 5.14. The van der Waals surface area contributed by atoms with E-state index >= 15 is 0 Å². The van der Waals surface area contributed by atoms with E-state index < -0.39 is 0 Å². The molecule has 0 aliphatic carbocycles. The van der Waals surface area contributed by atoms with Crippen molar-refractivity contribution >= 4 is 0 Å². The van der Waals surface area contributed by atoms with Gasteiger partial charge in [0.1, 0.15) is 0 Å². The van der Waals surface area contributed by atoms with E-state index in [1.54, 1.807) is 0 Å². The van der Waals surface area contributed by atoms with Gasteiger partial charge in [0.25, 0.3) is 0 Å². The van der Waals surface area contributed by atoms with Gasteiger partial charge in [-0.1, -0.05) is 13.3 Å². The van der Waals surface area contributed by atoms with Gasteiger partial charge in [0, 0.05) is 0 Å². The molecule has 0 spiro atoms. The second-order valence-corrected chi connectivity index (χ2v) is 0.854. The molecule has 7 heavy (non-hydrogen) atoms. The van der Waals surface area contributed by atoms with Crippen molar-refractivity contribution in [3.05, 3.63) is 14.4 Å². The zero-order valence-corrected chi connectivity index (χ0v) is 8.62. The summed E-state index contributed by atoms with van der Waals surface area (Å²) in [6.45, 7) is 5.72. The van der Waals surface area contributed by atoms with E-state index in [1.165, 1.54) is 6.42 Å². The third-order valence-electron chi connectivity index (χ3n) is 0.354. The minimum atomic E-state index is 0. The van der Waals surface area contributed by atoms with Crippen molar-refractivity contribution in [3.63, 3.8) is 0 Å². The van der Waals surface area contributed by atoms with E-state index in [0.29, 0.717) is 0 Å². The first-order valence-corrected chi connectivity index (χ1v) is 3.38. The molecule has 0 aromatic carbocycles. The van der Waals surface area contributed by atoms with Gasteiger partial charge >= 0.3 is 27.2 Å². The van der Waals surface area contributed by atoms with Gasteiger partial charge in [-0.05, 0) is 0 Å². The Morgan fingerprint density at radius 2 is 1.71 bits per heavy atom. The van der Waals surface area contributed by atoms with Crippen molar-refractivity contribution in [1.29, 1.82) is 0 Å². The van der Waals surface area contributed by atoms with E-state index in [4.69, 9.17) is 2.85 Å². The summed E-state index contributed by atoms with van der Waals surface area (Å²) in [5, 5.41) is 0. The molecular formula is C5H12HfO. The second-order valence-electron chi connectivity index (χ2n) is 0.854. The van der Waals surface area contributed by atoms with E-state index in [2.05, 4.69) is 13.8 Å². The van der Waals surface area contributed by atoms with Crippen molar-refractivity contribution in [2.75, 3.05) is 0 Å². The van der Waals surface area contributed by atoms with Gasteiger partial charge in [0.2, 0.25) is 0 Å². The Bertz CT molecular complexity index is 15.6. The monoisotopic (exact) mass is 268 g/mol. The summed E-state index contributed by atoms with van der Waals surface area (Å²) in [5.41, 5.74) is 0. The van der Waals surface area contributed by atoms with Gasteiger partial charge in [-0.3, -0.25) is 0 Å².